The molecular formula is C14H12N2O5. The van der Waals surface area contributed by atoms with Gasteiger partial charge in [-0.3, -0.25) is 14.9 Å². The number of non-ortho nitro benzene ring substituents is 1. The van der Waals surface area contributed by atoms with Gasteiger partial charge in [0.1, 0.15) is 5.56 Å². The molecule has 0 saturated heterocycles. The van der Waals surface area contributed by atoms with E-state index in [1.807, 2.05) is 0 Å². The molecule has 1 N–H and O–H groups in total. The van der Waals surface area contributed by atoms with Crippen LogP contribution in [0.2, 0.25) is 0 Å². The second-order valence-corrected chi connectivity index (χ2v) is 4.15. The summed E-state index contributed by atoms with van der Waals surface area (Å²) in [5.41, 5.74) is 0.475. The molecule has 7 nitrogen and oxygen atoms in total. The second-order valence-electron chi connectivity index (χ2n) is 4.15. The Hall–Kier alpha value is -2.96. The summed E-state index contributed by atoms with van der Waals surface area (Å²) in [5, 5.41) is 10.6. The number of aromatic amines is 1. The number of H-pyrrole nitrogens is 1. The predicted molar refractivity (Wildman–Crippen MR) is 75.1 cm³/mol. The zero-order valence-electron chi connectivity index (χ0n) is 11.2. The zero-order chi connectivity index (χ0) is 15.4. The molecule has 0 aliphatic carbocycles. The molecule has 1 heterocycles. The number of rotatable bonds is 4. The number of nitrogens with one attached hydrogen (secondary N) is 1. The molecule has 0 unspecified atom stereocenters. The van der Waals surface area contributed by atoms with Crippen molar-refractivity contribution in [3.63, 3.8) is 0 Å². The number of nitrogens with zero attached hydrogens (tertiary/aromatic N) is 1. The normalized spacial score (nSPS) is 10.1. The topological polar surface area (TPSA) is 102 Å². The van der Waals surface area contributed by atoms with Crippen molar-refractivity contribution < 1.29 is 14.5 Å². The Labute approximate surface area is 119 Å². The van der Waals surface area contributed by atoms with E-state index in [0.717, 1.165) is 0 Å². The van der Waals surface area contributed by atoms with E-state index in [1.54, 1.807) is 6.92 Å². The Morgan fingerprint density at radius 3 is 2.52 bits per heavy atom. The van der Waals surface area contributed by atoms with Crippen molar-refractivity contribution >= 4 is 11.7 Å². The van der Waals surface area contributed by atoms with Crippen molar-refractivity contribution in [2.45, 2.75) is 6.92 Å². The summed E-state index contributed by atoms with van der Waals surface area (Å²) in [6, 6.07) is 6.98. The fraction of sp³-hybridized carbons (Fsp3) is 0.143. The summed E-state index contributed by atoms with van der Waals surface area (Å²) in [6.45, 7) is 1.83. The Morgan fingerprint density at radius 2 is 2.00 bits per heavy atom. The molecule has 2 aromatic rings. The first-order valence-electron chi connectivity index (χ1n) is 6.17. The van der Waals surface area contributed by atoms with Crippen LogP contribution < -0.4 is 5.43 Å². The minimum absolute atomic E-state index is 0.0377. The number of carbonyl (C=O) groups excluding carboxylic acids is 1. The van der Waals surface area contributed by atoms with Crippen LogP contribution in [0.4, 0.5) is 5.69 Å². The van der Waals surface area contributed by atoms with E-state index in [0.29, 0.717) is 11.3 Å². The van der Waals surface area contributed by atoms with Gasteiger partial charge in [0.2, 0.25) is 0 Å². The van der Waals surface area contributed by atoms with Gasteiger partial charge in [-0.05, 0) is 24.6 Å². The van der Waals surface area contributed by atoms with E-state index in [2.05, 4.69) is 4.98 Å². The molecule has 1 aromatic carbocycles. The highest BCUT2D eigenvalue weighted by atomic mass is 16.6. The SMILES string of the molecule is CCOC(=O)c1c[nH]c(-c2ccc([N+](=O)[O-])cc2)cc1=O. The van der Waals surface area contributed by atoms with Crippen LogP contribution in [0.25, 0.3) is 11.3 Å². The molecule has 0 aliphatic heterocycles. The number of nitro groups is 1. The van der Waals surface area contributed by atoms with Crippen LogP contribution in [0.15, 0.2) is 41.3 Å². The summed E-state index contributed by atoms with van der Waals surface area (Å²) in [6.07, 6.45) is 1.27. The maximum Gasteiger partial charge on any atom is 0.343 e. The highest BCUT2D eigenvalue weighted by molar-refractivity contribution is 5.89. The molecule has 1 aromatic heterocycles. The van der Waals surface area contributed by atoms with Crippen molar-refractivity contribution in [3.8, 4) is 11.3 Å². The van der Waals surface area contributed by atoms with E-state index in [4.69, 9.17) is 4.74 Å². The van der Waals surface area contributed by atoms with Crippen LogP contribution in [0.5, 0.6) is 0 Å². The van der Waals surface area contributed by atoms with Crippen molar-refractivity contribution in [2.24, 2.45) is 0 Å². The lowest BCUT2D eigenvalue weighted by Gasteiger charge is -2.04. The molecule has 0 fully saturated rings. The average molecular weight is 288 g/mol. The van der Waals surface area contributed by atoms with Gasteiger partial charge in [-0.25, -0.2) is 4.79 Å². The first-order chi connectivity index (χ1) is 10.0. The van der Waals surface area contributed by atoms with Crippen molar-refractivity contribution in [2.75, 3.05) is 6.61 Å². The molecule has 0 saturated carbocycles. The molecule has 0 atom stereocenters. The minimum Gasteiger partial charge on any atom is -0.462 e. The van der Waals surface area contributed by atoms with Crippen molar-refractivity contribution in [1.29, 1.82) is 0 Å². The van der Waals surface area contributed by atoms with Crippen LogP contribution in [0.1, 0.15) is 17.3 Å². The number of aromatic nitrogens is 1. The lowest BCUT2D eigenvalue weighted by Crippen LogP contribution is -2.17. The molecule has 0 amide bonds. The first-order valence-corrected chi connectivity index (χ1v) is 6.17. The van der Waals surface area contributed by atoms with Crippen molar-refractivity contribution in [3.05, 3.63) is 62.4 Å². The van der Waals surface area contributed by atoms with Gasteiger partial charge in [-0.2, -0.15) is 0 Å². The Morgan fingerprint density at radius 1 is 1.33 bits per heavy atom. The standard InChI is InChI=1S/C14H12N2O5/c1-2-21-14(18)11-8-15-12(7-13(11)17)9-3-5-10(6-4-9)16(19)20/h3-8H,2H2,1H3,(H,15,17). The summed E-state index contributed by atoms with van der Waals surface area (Å²) in [5.74, 6) is -0.686. The van der Waals surface area contributed by atoms with Crippen LogP contribution in [-0.4, -0.2) is 22.5 Å². The van der Waals surface area contributed by atoms with Gasteiger partial charge >= 0.3 is 5.97 Å². The first kappa shape index (κ1) is 14.4. The number of nitro benzene ring substituents is 1. The van der Waals surface area contributed by atoms with Gasteiger partial charge in [-0.15, -0.1) is 0 Å². The molecule has 0 aliphatic rings. The van der Waals surface area contributed by atoms with Crippen LogP contribution in [0.3, 0.4) is 0 Å². The van der Waals surface area contributed by atoms with Gasteiger partial charge in [0.05, 0.1) is 11.5 Å². The number of benzene rings is 1. The molecular weight excluding hydrogens is 276 g/mol. The number of esters is 1. The second kappa shape index (κ2) is 6.00. The monoisotopic (exact) mass is 288 g/mol. The van der Waals surface area contributed by atoms with E-state index in [1.165, 1.54) is 36.5 Å². The lowest BCUT2D eigenvalue weighted by molar-refractivity contribution is -0.384. The number of hydrogen-bond acceptors (Lipinski definition) is 5. The third kappa shape index (κ3) is 3.14. The minimum atomic E-state index is -0.686. The lowest BCUT2D eigenvalue weighted by atomic mass is 10.1. The van der Waals surface area contributed by atoms with Crippen LogP contribution in [-0.2, 0) is 4.74 Å². The molecule has 0 radical (unpaired) electrons. The maximum atomic E-state index is 11.9. The number of pyridine rings is 1. The zero-order valence-corrected chi connectivity index (χ0v) is 11.2. The molecule has 108 valence electrons. The average Bonchev–Trinajstić information content (AvgIpc) is 2.47. The van der Waals surface area contributed by atoms with Gasteiger partial charge in [0.15, 0.2) is 5.43 Å². The summed E-state index contributed by atoms with van der Waals surface area (Å²) in [4.78, 5) is 36.3. The van der Waals surface area contributed by atoms with Gasteiger partial charge in [-0.1, -0.05) is 0 Å². The van der Waals surface area contributed by atoms with Crippen molar-refractivity contribution in [1.82, 2.24) is 4.98 Å². The fourth-order valence-electron chi connectivity index (χ4n) is 1.77. The maximum absolute atomic E-state index is 11.9. The highest BCUT2D eigenvalue weighted by Gasteiger charge is 2.12. The van der Waals surface area contributed by atoms with Gasteiger partial charge in [0.25, 0.3) is 5.69 Å². The molecule has 21 heavy (non-hydrogen) atoms. The molecule has 0 bridgehead atoms. The Kier molecular flexibility index (Phi) is 4.13. The van der Waals surface area contributed by atoms with Crippen LogP contribution >= 0.6 is 0 Å². The Balaban J connectivity index is 2.33. The van der Waals surface area contributed by atoms with E-state index in [-0.39, 0.29) is 17.9 Å². The van der Waals surface area contributed by atoms with Gasteiger partial charge < -0.3 is 9.72 Å². The third-order valence-electron chi connectivity index (χ3n) is 2.80. The molecule has 0 spiro atoms. The van der Waals surface area contributed by atoms with E-state index < -0.39 is 16.3 Å². The van der Waals surface area contributed by atoms with E-state index in [9.17, 15) is 19.7 Å². The Bertz CT molecular complexity index is 734. The number of ether oxygens (including phenoxy) is 1. The predicted octanol–water partition coefficient (Wildman–Crippen LogP) is 2.13. The highest BCUT2D eigenvalue weighted by Crippen LogP contribution is 2.19. The third-order valence-corrected chi connectivity index (χ3v) is 2.80. The summed E-state index contributed by atoms with van der Waals surface area (Å²) in [7, 11) is 0. The quantitative estimate of drug-likeness (QED) is 0.527. The number of hydrogen-bond donors (Lipinski definition) is 1. The molecule has 7 heteroatoms. The van der Waals surface area contributed by atoms with Crippen LogP contribution in [0, 0.1) is 10.1 Å². The van der Waals surface area contributed by atoms with E-state index >= 15 is 0 Å². The summed E-state index contributed by atoms with van der Waals surface area (Å²) < 4.78 is 4.76. The smallest absolute Gasteiger partial charge is 0.343 e. The van der Waals surface area contributed by atoms with Gasteiger partial charge in [0, 0.05) is 30.1 Å². The number of carbonyl (C=O) groups is 1. The fourth-order valence-corrected chi connectivity index (χ4v) is 1.77. The largest absolute Gasteiger partial charge is 0.462 e. The molecule has 2 rings (SSSR count). The summed E-state index contributed by atoms with van der Waals surface area (Å²) >= 11 is 0.